The summed E-state index contributed by atoms with van der Waals surface area (Å²) in [6.45, 7) is 6.01. The van der Waals surface area contributed by atoms with Crippen molar-refractivity contribution in [1.82, 2.24) is 29.3 Å². The Balaban J connectivity index is 0.000000293. The standard InChI is InChI=1S/C16H20N6S.C4H4O4/c1-20-5-7-21(8-6-20)10-15-19-14-3-2-4-17-16(14)22(15)9-13-11-23-12-18-13;5-3(6)1-2-4(7)8/h2-4,11-12H,5-10H2,1H3;1-2H,(H,5,6)(H,7,8)/b;2-1+. The summed E-state index contributed by atoms with van der Waals surface area (Å²) in [7, 11) is 2.18. The van der Waals surface area contributed by atoms with Gasteiger partial charge in [-0.25, -0.2) is 24.5 Å². The van der Waals surface area contributed by atoms with Crippen LogP contribution in [0.4, 0.5) is 0 Å². The number of fused-ring (bicyclic) bond motifs is 1. The third-order valence-electron chi connectivity index (χ3n) is 4.72. The number of carbonyl (C=O) groups is 2. The molecule has 0 atom stereocenters. The quantitative estimate of drug-likeness (QED) is 0.543. The van der Waals surface area contributed by atoms with Crippen LogP contribution in [0, 0.1) is 0 Å². The highest BCUT2D eigenvalue weighted by Crippen LogP contribution is 2.18. The third-order valence-corrected chi connectivity index (χ3v) is 5.35. The fourth-order valence-corrected chi connectivity index (χ4v) is 3.67. The van der Waals surface area contributed by atoms with Crippen LogP contribution in [0.5, 0.6) is 0 Å². The molecule has 0 saturated carbocycles. The molecule has 0 aromatic carbocycles. The number of hydrogen-bond donors (Lipinski definition) is 2. The number of carboxylic acid groups (broad SMARTS) is 2. The van der Waals surface area contributed by atoms with Gasteiger partial charge in [-0.15, -0.1) is 11.3 Å². The number of thiazole rings is 1. The smallest absolute Gasteiger partial charge is 0.328 e. The average Bonchev–Trinajstić information content (AvgIpc) is 3.37. The Morgan fingerprint density at radius 2 is 1.81 bits per heavy atom. The molecule has 0 unspecified atom stereocenters. The Morgan fingerprint density at radius 1 is 1.10 bits per heavy atom. The average molecular weight is 445 g/mol. The number of aromatic nitrogens is 4. The minimum Gasteiger partial charge on any atom is -0.478 e. The normalized spacial score (nSPS) is 15.1. The van der Waals surface area contributed by atoms with Crippen molar-refractivity contribution in [3.63, 3.8) is 0 Å². The van der Waals surface area contributed by atoms with Gasteiger partial charge in [0, 0.05) is 49.9 Å². The second-order valence-electron chi connectivity index (χ2n) is 7.03. The van der Waals surface area contributed by atoms with E-state index in [9.17, 15) is 9.59 Å². The second-order valence-corrected chi connectivity index (χ2v) is 7.75. The van der Waals surface area contributed by atoms with Crippen molar-refractivity contribution in [3.05, 3.63) is 52.9 Å². The van der Waals surface area contributed by atoms with Gasteiger partial charge in [0.1, 0.15) is 11.3 Å². The van der Waals surface area contributed by atoms with E-state index in [1.807, 2.05) is 23.8 Å². The fourth-order valence-electron chi connectivity index (χ4n) is 3.12. The molecule has 0 amide bonds. The molecular weight excluding hydrogens is 420 g/mol. The first-order valence-electron chi connectivity index (χ1n) is 9.64. The van der Waals surface area contributed by atoms with Crippen LogP contribution in [0.25, 0.3) is 11.2 Å². The largest absolute Gasteiger partial charge is 0.478 e. The molecule has 0 bridgehead atoms. The number of aliphatic carboxylic acids is 2. The van der Waals surface area contributed by atoms with Crippen LogP contribution in [0.2, 0.25) is 0 Å². The number of piperazine rings is 1. The van der Waals surface area contributed by atoms with Crippen LogP contribution in [0.1, 0.15) is 11.5 Å². The summed E-state index contributed by atoms with van der Waals surface area (Å²) >= 11 is 1.63. The third kappa shape index (κ3) is 6.67. The van der Waals surface area contributed by atoms with Crippen molar-refractivity contribution in [2.45, 2.75) is 13.1 Å². The number of carboxylic acids is 2. The SMILES string of the molecule is CN1CCN(Cc2nc3cccnc3n2Cc2cscn2)CC1.O=C(O)/C=C/C(=O)O. The first-order valence-corrected chi connectivity index (χ1v) is 10.6. The van der Waals surface area contributed by atoms with Crippen LogP contribution in [0.15, 0.2) is 41.4 Å². The van der Waals surface area contributed by atoms with E-state index in [1.54, 1.807) is 11.3 Å². The molecule has 11 heteroatoms. The van der Waals surface area contributed by atoms with E-state index in [-0.39, 0.29) is 0 Å². The summed E-state index contributed by atoms with van der Waals surface area (Å²) in [6.07, 6.45) is 2.95. The van der Waals surface area contributed by atoms with Crippen LogP contribution < -0.4 is 0 Å². The number of hydrogen-bond acceptors (Lipinski definition) is 8. The van der Waals surface area contributed by atoms with E-state index >= 15 is 0 Å². The van der Waals surface area contributed by atoms with Crippen molar-refractivity contribution in [1.29, 1.82) is 0 Å². The van der Waals surface area contributed by atoms with E-state index in [4.69, 9.17) is 15.2 Å². The molecule has 0 aliphatic carbocycles. The van der Waals surface area contributed by atoms with Crippen molar-refractivity contribution in [2.75, 3.05) is 33.2 Å². The Hall–Kier alpha value is -3.15. The molecule has 4 heterocycles. The number of imidazole rings is 1. The van der Waals surface area contributed by atoms with Gasteiger partial charge in [-0.3, -0.25) is 4.90 Å². The molecule has 3 aromatic heterocycles. The lowest BCUT2D eigenvalue weighted by atomic mass is 10.3. The van der Waals surface area contributed by atoms with E-state index in [1.165, 1.54) is 0 Å². The van der Waals surface area contributed by atoms with Crippen molar-refractivity contribution in [2.24, 2.45) is 0 Å². The van der Waals surface area contributed by atoms with Crippen LogP contribution >= 0.6 is 11.3 Å². The van der Waals surface area contributed by atoms with Gasteiger partial charge in [0.15, 0.2) is 5.65 Å². The van der Waals surface area contributed by atoms with Gasteiger partial charge in [-0.1, -0.05) is 0 Å². The van der Waals surface area contributed by atoms with Gasteiger partial charge in [-0.05, 0) is 19.2 Å². The van der Waals surface area contributed by atoms with Gasteiger partial charge in [0.2, 0.25) is 0 Å². The first-order chi connectivity index (χ1) is 14.9. The molecule has 2 N–H and O–H groups in total. The molecule has 1 aliphatic rings. The minimum absolute atomic E-state index is 0.558. The number of nitrogens with zero attached hydrogens (tertiary/aromatic N) is 6. The lowest BCUT2D eigenvalue weighted by molar-refractivity contribution is -0.134. The number of likely N-dealkylation sites (N-methyl/N-ethyl adjacent to an activating group) is 1. The maximum absolute atomic E-state index is 9.55. The highest BCUT2D eigenvalue weighted by atomic mass is 32.1. The zero-order chi connectivity index (χ0) is 22.2. The lowest BCUT2D eigenvalue weighted by Crippen LogP contribution is -2.44. The van der Waals surface area contributed by atoms with Crippen molar-refractivity contribution >= 4 is 34.4 Å². The molecule has 1 aliphatic heterocycles. The topological polar surface area (TPSA) is 125 Å². The first kappa shape index (κ1) is 22.5. The van der Waals surface area contributed by atoms with E-state index in [0.717, 1.165) is 62.0 Å². The predicted molar refractivity (Wildman–Crippen MR) is 116 cm³/mol. The van der Waals surface area contributed by atoms with Crippen LogP contribution in [0.3, 0.4) is 0 Å². The van der Waals surface area contributed by atoms with Crippen LogP contribution in [-0.4, -0.2) is 84.7 Å². The monoisotopic (exact) mass is 444 g/mol. The second kappa shape index (κ2) is 10.8. The zero-order valence-corrected chi connectivity index (χ0v) is 17.9. The van der Waals surface area contributed by atoms with E-state index < -0.39 is 11.9 Å². The lowest BCUT2D eigenvalue weighted by Gasteiger charge is -2.32. The molecule has 1 saturated heterocycles. The number of rotatable bonds is 6. The summed E-state index contributed by atoms with van der Waals surface area (Å²) in [6, 6.07) is 3.98. The molecule has 0 spiro atoms. The maximum atomic E-state index is 9.55. The summed E-state index contributed by atoms with van der Waals surface area (Å²) < 4.78 is 2.21. The van der Waals surface area contributed by atoms with Gasteiger partial charge in [0.05, 0.1) is 24.3 Å². The molecule has 0 radical (unpaired) electrons. The summed E-state index contributed by atoms with van der Waals surface area (Å²) in [5, 5.41) is 17.7. The molecule has 3 aromatic rings. The highest BCUT2D eigenvalue weighted by Gasteiger charge is 2.19. The van der Waals surface area contributed by atoms with Gasteiger partial charge in [0.25, 0.3) is 0 Å². The van der Waals surface area contributed by atoms with Gasteiger partial charge in [-0.2, -0.15) is 0 Å². The Bertz CT molecular complexity index is 1030. The zero-order valence-electron chi connectivity index (χ0n) is 17.1. The van der Waals surface area contributed by atoms with E-state index in [0.29, 0.717) is 12.2 Å². The van der Waals surface area contributed by atoms with Gasteiger partial charge < -0.3 is 19.7 Å². The molecule has 31 heavy (non-hydrogen) atoms. The van der Waals surface area contributed by atoms with Gasteiger partial charge >= 0.3 is 11.9 Å². The summed E-state index contributed by atoms with van der Waals surface area (Å²) in [5.74, 6) is -1.43. The maximum Gasteiger partial charge on any atom is 0.328 e. The highest BCUT2D eigenvalue weighted by molar-refractivity contribution is 7.07. The minimum atomic E-state index is -1.26. The Kier molecular flexibility index (Phi) is 7.82. The Labute approximate surface area is 183 Å². The summed E-state index contributed by atoms with van der Waals surface area (Å²) in [4.78, 5) is 37.7. The molecule has 1 fully saturated rings. The fraction of sp³-hybridized carbons (Fsp3) is 0.350. The Morgan fingerprint density at radius 3 is 2.42 bits per heavy atom. The van der Waals surface area contributed by atoms with Crippen LogP contribution in [-0.2, 0) is 22.7 Å². The molecule has 4 rings (SSSR count). The van der Waals surface area contributed by atoms with Crippen molar-refractivity contribution < 1.29 is 19.8 Å². The molecular formula is C20H24N6O4S. The van der Waals surface area contributed by atoms with E-state index in [2.05, 4.69) is 36.8 Å². The molecule has 10 nitrogen and oxygen atoms in total. The summed E-state index contributed by atoms with van der Waals surface area (Å²) in [5.41, 5.74) is 4.86. The predicted octanol–water partition coefficient (Wildman–Crippen LogP) is 1.40. The number of pyridine rings is 1. The molecule has 164 valence electrons. The van der Waals surface area contributed by atoms with Crippen molar-refractivity contribution in [3.8, 4) is 0 Å².